The Morgan fingerprint density at radius 1 is 1.38 bits per heavy atom. The van der Waals surface area contributed by atoms with Gasteiger partial charge < -0.3 is 14.1 Å². The molecule has 1 unspecified atom stereocenters. The van der Waals surface area contributed by atoms with Crippen molar-refractivity contribution in [3.8, 4) is 5.75 Å². The lowest BCUT2D eigenvalue weighted by Gasteiger charge is -2.25. The number of methoxy groups -OCH3 is 1. The average molecular weight is 308 g/mol. The molecule has 0 aliphatic carbocycles. The van der Waals surface area contributed by atoms with E-state index in [4.69, 9.17) is 20.8 Å². The molecule has 0 fully saturated rings. The molecule has 0 bridgehead atoms. The van der Waals surface area contributed by atoms with Crippen molar-refractivity contribution in [1.82, 2.24) is 4.90 Å². The minimum absolute atomic E-state index is 0.000216. The molecule has 1 heterocycles. The number of ether oxygens (including phenoxy) is 1. The summed E-state index contributed by atoms with van der Waals surface area (Å²) in [6.07, 6.45) is 2.11. The Labute approximate surface area is 129 Å². The minimum Gasteiger partial charge on any atom is -0.496 e. The van der Waals surface area contributed by atoms with Gasteiger partial charge in [-0.05, 0) is 42.6 Å². The Hall–Kier alpha value is -1.94. The Morgan fingerprint density at radius 3 is 2.71 bits per heavy atom. The van der Waals surface area contributed by atoms with Gasteiger partial charge in [-0.25, -0.2) is 0 Å². The Kier molecular flexibility index (Phi) is 4.91. The molecule has 2 aromatic rings. The largest absolute Gasteiger partial charge is 0.496 e. The number of rotatable bonds is 5. The van der Waals surface area contributed by atoms with Crippen LogP contribution in [0.4, 0.5) is 0 Å². The summed E-state index contributed by atoms with van der Waals surface area (Å²) in [5.41, 5.74) is 1.44. The second kappa shape index (κ2) is 6.68. The number of benzene rings is 1. The molecule has 112 valence electrons. The van der Waals surface area contributed by atoms with Gasteiger partial charge in [-0.1, -0.05) is 18.2 Å². The number of furan rings is 1. The van der Waals surface area contributed by atoms with Crippen molar-refractivity contribution in [1.29, 1.82) is 0 Å². The first-order chi connectivity index (χ1) is 10.0. The maximum absolute atomic E-state index is 12.4. The van der Waals surface area contributed by atoms with E-state index in [9.17, 15) is 4.79 Å². The second-order valence-corrected chi connectivity index (χ2v) is 5.23. The zero-order valence-electron chi connectivity index (χ0n) is 12.3. The molecule has 0 aliphatic rings. The first-order valence-corrected chi connectivity index (χ1v) is 7.04. The highest BCUT2D eigenvalue weighted by atomic mass is 35.5. The SMILES string of the molecule is COc1ccccc1CC(C)N(C)C(=O)c1ccoc1Cl. The van der Waals surface area contributed by atoms with Gasteiger partial charge in [0.25, 0.3) is 5.91 Å². The zero-order valence-corrected chi connectivity index (χ0v) is 13.1. The van der Waals surface area contributed by atoms with Crippen LogP contribution in [0.25, 0.3) is 0 Å². The molecule has 0 spiro atoms. The van der Waals surface area contributed by atoms with Crippen LogP contribution >= 0.6 is 11.6 Å². The number of hydrogen-bond acceptors (Lipinski definition) is 3. The normalized spacial score (nSPS) is 12.0. The predicted molar refractivity (Wildman–Crippen MR) is 82.0 cm³/mol. The zero-order chi connectivity index (χ0) is 15.4. The van der Waals surface area contributed by atoms with E-state index < -0.39 is 0 Å². The van der Waals surface area contributed by atoms with E-state index in [-0.39, 0.29) is 17.2 Å². The number of nitrogens with zero attached hydrogens (tertiary/aromatic N) is 1. The maximum atomic E-state index is 12.4. The van der Waals surface area contributed by atoms with Crippen molar-refractivity contribution in [2.75, 3.05) is 14.2 Å². The van der Waals surface area contributed by atoms with Crippen LogP contribution in [0.5, 0.6) is 5.75 Å². The molecule has 0 saturated heterocycles. The van der Waals surface area contributed by atoms with Crippen LogP contribution in [0.1, 0.15) is 22.8 Å². The topological polar surface area (TPSA) is 42.7 Å². The van der Waals surface area contributed by atoms with Gasteiger partial charge in [0.05, 0.1) is 18.9 Å². The molecule has 4 nitrogen and oxygen atoms in total. The van der Waals surface area contributed by atoms with E-state index in [0.717, 1.165) is 11.3 Å². The lowest BCUT2D eigenvalue weighted by atomic mass is 10.0. The molecule has 21 heavy (non-hydrogen) atoms. The summed E-state index contributed by atoms with van der Waals surface area (Å²) in [5, 5.41) is 0.122. The summed E-state index contributed by atoms with van der Waals surface area (Å²) in [7, 11) is 3.40. The number of para-hydroxylation sites is 1. The smallest absolute Gasteiger partial charge is 0.258 e. The first kappa shape index (κ1) is 15.4. The van der Waals surface area contributed by atoms with Crippen LogP contribution < -0.4 is 4.74 Å². The molecule has 0 radical (unpaired) electrons. The molecule has 2 rings (SSSR count). The quantitative estimate of drug-likeness (QED) is 0.847. The summed E-state index contributed by atoms with van der Waals surface area (Å²) in [5.74, 6) is 0.669. The number of likely N-dealkylation sites (N-methyl/N-ethyl adjacent to an activating group) is 1. The van der Waals surface area contributed by atoms with Crippen molar-refractivity contribution in [3.63, 3.8) is 0 Å². The number of amides is 1. The number of hydrogen-bond donors (Lipinski definition) is 0. The van der Waals surface area contributed by atoms with Gasteiger partial charge in [-0.2, -0.15) is 0 Å². The van der Waals surface area contributed by atoms with Crippen LogP contribution in [0.3, 0.4) is 0 Å². The second-order valence-electron chi connectivity index (χ2n) is 4.89. The van der Waals surface area contributed by atoms with Crippen molar-refractivity contribution in [2.45, 2.75) is 19.4 Å². The summed E-state index contributed by atoms with van der Waals surface area (Å²) in [4.78, 5) is 14.0. The third-order valence-corrected chi connectivity index (χ3v) is 3.83. The van der Waals surface area contributed by atoms with Gasteiger partial charge in [0, 0.05) is 13.1 Å². The molecule has 1 aromatic heterocycles. The molecule has 1 amide bonds. The molecule has 1 aromatic carbocycles. The van der Waals surface area contributed by atoms with E-state index in [1.807, 2.05) is 31.2 Å². The van der Waals surface area contributed by atoms with Crippen molar-refractivity contribution < 1.29 is 13.9 Å². The molecule has 0 aliphatic heterocycles. The predicted octanol–water partition coefficient (Wildman–Crippen LogP) is 3.64. The Morgan fingerprint density at radius 2 is 2.10 bits per heavy atom. The maximum Gasteiger partial charge on any atom is 0.258 e. The van der Waals surface area contributed by atoms with E-state index >= 15 is 0 Å². The van der Waals surface area contributed by atoms with Crippen LogP contribution in [0, 0.1) is 0 Å². The highest BCUT2D eigenvalue weighted by Gasteiger charge is 2.22. The van der Waals surface area contributed by atoms with Gasteiger partial charge in [0.1, 0.15) is 5.75 Å². The highest BCUT2D eigenvalue weighted by Crippen LogP contribution is 2.22. The van der Waals surface area contributed by atoms with E-state index in [0.29, 0.717) is 12.0 Å². The van der Waals surface area contributed by atoms with Crippen molar-refractivity contribution in [2.24, 2.45) is 0 Å². The standard InChI is InChI=1S/C16H18ClNO3/c1-11(10-12-6-4-5-7-14(12)20-3)18(2)16(19)13-8-9-21-15(13)17/h4-9,11H,10H2,1-3H3. The lowest BCUT2D eigenvalue weighted by Crippen LogP contribution is -2.36. The highest BCUT2D eigenvalue weighted by molar-refractivity contribution is 6.32. The van der Waals surface area contributed by atoms with E-state index in [2.05, 4.69) is 0 Å². The van der Waals surface area contributed by atoms with Crippen molar-refractivity contribution >= 4 is 17.5 Å². The number of halogens is 1. The minimum atomic E-state index is -0.156. The van der Waals surface area contributed by atoms with Gasteiger partial charge in [0.15, 0.2) is 0 Å². The van der Waals surface area contributed by atoms with Gasteiger partial charge in [-0.3, -0.25) is 4.79 Å². The summed E-state index contributed by atoms with van der Waals surface area (Å²) < 4.78 is 10.3. The fraction of sp³-hybridized carbons (Fsp3) is 0.312. The summed E-state index contributed by atoms with van der Waals surface area (Å²) >= 11 is 5.86. The first-order valence-electron chi connectivity index (χ1n) is 6.66. The Bertz CT molecular complexity index is 623. The molecular weight excluding hydrogens is 290 g/mol. The van der Waals surface area contributed by atoms with Gasteiger partial charge in [-0.15, -0.1) is 0 Å². The number of carbonyl (C=O) groups excluding carboxylic acids is 1. The Balaban J connectivity index is 2.11. The summed E-state index contributed by atoms with van der Waals surface area (Å²) in [6.45, 7) is 1.98. The fourth-order valence-corrected chi connectivity index (χ4v) is 2.36. The third-order valence-electron chi connectivity index (χ3n) is 3.54. The molecule has 0 N–H and O–H groups in total. The van der Waals surface area contributed by atoms with E-state index in [1.54, 1.807) is 25.1 Å². The monoisotopic (exact) mass is 307 g/mol. The molecule has 5 heteroatoms. The van der Waals surface area contributed by atoms with Crippen LogP contribution in [0.2, 0.25) is 5.22 Å². The molecule has 1 atom stereocenters. The molecular formula is C16H18ClNO3. The lowest BCUT2D eigenvalue weighted by molar-refractivity contribution is 0.0742. The third kappa shape index (κ3) is 3.39. The van der Waals surface area contributed by atoms with Crippen LogP contribution in [0.15, 0.2) is 41.0 Å². The van der Waals surface area contributed by atoms with Crippen molar-refractivity contribution in [3.05, 3.63) is 52.9 Å². The molecule has 0 saturated carbocycles. The van der Waals surface area contributed by atoms with Gasteiger partial charge >= 0.3 is 0 Å². The average Bonchev–Trinajstić information content (AvgIpc) is 2.92. The fourth-order valence-electron chi connectivity index (χ4n) is 2.16. The summed E-state index contributed by atoms with van der Waals surface area (Å²) in [6, 6.07) is 9.37. The van der Waals surface area contributed by atoms with Gasteiger partial charge in [0.2, 0.25) is 5.22 Å². The van der Waals surface area contributed by atoms with Crippen LogP contribution in [-0.4, -0.2) is 31.0 Å². The van der Waals surface area contributed by atoms with E-state index in [1.165, 1.54) is 6.26 Å². The van der Waals surface area contributed by atoms with Crippen LogP contribution in [-0.2, 0) is 6.42 Å². The number of carbonyl (C=O) groups is 1.